The summed E-state index contributed by atoms with van der Waals surface area (Å²) >= 11 is 0. The normalized spacial score (nSPS) is 12.8. The molecule has 2 amide bonds. The van der Waals surface area contributed by atoms with Gasteiger partial charge < -0.3 is 11.1 Å². The second kappa shape index (κ2) is 7.93. The van der Waals surface area contributed by atoms with Gasteiger partial charge in [0.2, 0.25) is 5.91 Å². The van der Waals surface area contributed by atoms with Crippen molar-refractivity contribution in [1.29, 1.82) is 0 Å². The first kappa shape index (κ1) is 20.7. The first-order chi connectivity index (χ1) is 12.5. The average Bonchev–Trinajstić information content (AvgIpc) is 2.59. The Hall–Kier alpha value is -2.65. The monoisotopic (exact) mass is 381 g/mol. The van der Waals surface area contributed by atoms with Crippen LogP contribution in [0.4, 0.5) is 0 Å². The molecule has 0 unspecified atom stereocenters. The molecule has 1 atom stereocenters. The number of primary amides is 1. The third-order valence-electron chi connectivity index (χ3n) is 5.11. The van der Waals surface area contributed by atoms with Crippen molar-refractivity contribution >= 4 is 30.8 Å². The number of nitrogens with zero attached hydrogens (tertiary/aromatic N) is 1. The maximum absolute atomic E-state index is 12.7. The van der Waals surface area contributed by atoms with Crippen molar-refractivity contribution in [2.24, 2.45) is 5.73 Å². The summed E-state index contributed by atoms with van der Waals surface area (Å²) in [4.78, 5) is 28.8. The summed E-state index contributed by atoms with van der Waals surface area (Å²) < 4.78 is 0. The van der Waals surface area contributed by atoms with Gasteiger partial charge in [0, 0.05) is 18.0 Å². The van der Waals surface area contributed by atoms with E-state index in [-0.39, 0.29) is 17.4 Å². The zero-order valence-electron chi connectivity index (χ0n) is 16.6. The molecule has 0 aliphatic carbocycles. The summed E-state index contributed by atoms with van der Waals surface area (Å²) in [7, 11) is -1.78. The molecule has 0 radical (unpaired) electrons. The van der Waals surface area contributed by atoms with Crippen LogP contribution in [0.1, 0.15) is 37.6 Å². The molecule has 2 rings (SSSR count). The molecule has 3 N–H and O–H groups in total. The summed E-state index contributed by atoms with van der Waals surface area (Å²) in [5, 5.41) is 3.69. The Balaban J connectivity index is 2.19. The zero-order valence-corrected chi connectivity index (χ0v) is 17.6. The lowest BCUT2D eigenvalue weighted by molar-refractivity contribution is -0.119. The van der Waals surface area contributed by atoms with E-state index in [0.29, 0.717) is 11.1 Å². The van der Waals surface area contributed by atoms with Gasteiger partial charge in [-0.3, -0.25) is 14.6 Å². The standard InChI is InChI=1S/C21H27N3O2Si/c1-21(2,3)27(4,5)14-8-12-17(19(22)25)24-20(26)16-11-6-9-15-10-7-13-23-18(15)16/h6-7,9-11,13,17H,12H2,1-5H3,(H2,22,25)(H,24,26)/t17-/m1/s1. The molecule has 6 heteroatoms. The maximum Gasteiger partial charge on any atom is 0.254 e. The highest BCUT2D eigenvalue weighted by Crippen LogP contribution is 2.35. The summed E-state index contributed by atoms with van der Waals surface area (Å²) in [6.07, 6.45) is 1.83. The van der Waals surface area contributed by atoms with E-state index in [1.54, 1.807) is 18.3 Å². The van der Waals surface area contributed by atoms with Crippen LogP contribution in [0, 0.1) is 11.5 Å². The van der Waals surface area contributed by atoms with Crippen LogP contribution in [-0.4, -0.2) is 30.9 Å². The minimum absolute atomic E-state index is 0.125. The SMILES string of the molecule is CC(C)(C)[Si](C)(C)C#CC[C@@H](NC(=O)c1cccc2cccnc12)C(N)=O. The van der Waals surface area contributed by atoms with Crippen molar-refractivity contribution < 1.29 is 9.59 Å². The Morgan fingerprint density at radius 3 is 2.52 bits per heavy atom. The molecular formula is C21H27N3O2Si. The molecule has 0 aliphatic heterocycles. The van der Waals surface area contributed by atoms with E-state index in [9.17, 15) is 9.59 Å². The van der Waals surface area contributed by atoms with Crippen molar-refractivity contribution in [1.82, 2.24) is 10.3 Å². The van der Waals surface area contributed by atoms with Crippen LogP contribution < -0.4 is 11.1 Å². The number of hydrogen-bond acceptors (Lipinski definition) is 3. The van der Waals surface area contributed by atoms with Crippen molar-refractivity contribution in [2.75, 3.05) is 0 Å². The molecular weight excluding hydrogens is 354 g/mol. The number of hydrogen-bond donors (Lipinski definition) is 2. The summed E-state index contributed by atoms with van der Waals surface area (Å²) in [5.41, 5.74) is 9.83. The predicted molar refractivity (Wildman–Crippen MR) is 112 cm³/mol. The first-order valence-corrected chi connectivity index (χ1v) is 12.0. The van der Waals surface area contributed by atoms with Crippen molar-refractivity contribution in [3.63, 3.8) is 0 Å². The van der Waals surface area contributed by atoms with Crippen molar-refractivity contribution in [3.05, 3.63) is 42.1 Å². The van der Waals surface area contributed by atoms with Crippen molar-refractivity contribution in [3.8, 4) is 11.5 Å². The van der Waals surface area contributed by atoms with Gasteiger partial charge >= 0.3 is 0 Å². The van der Waals surface area contributed by atoms with Crippen LogP contribution in [0.3, 0.4) is 0 Å². The smallest absolute Gasteiger partial charge is 0.254 e. The van der Waals surface area contributed by atoms with Crippen LogP contribution in [-0.2, 0) is 4.79 Å². The van der Waals surface area contributed by atoms with E-state index in [1.807, 2.05) is 18.2 Å². The molecule has 0 bridgehead atoms. The number of nitrogens with one attached hydrogen (secondary N) is 1. The lowest BCUT2D eigenvalue weighted by Crippen LogP contribution is -2.44. The van der Waals surface area contributed by atoms with Gasteiger partial charge in [-0.05, 0) is 17.2 Å². The quantitative estimate of drug-likeness (QED) is 0.630. The van der Waals surface area contributed by atoms with Gasteiger partial charge in [0.25, 0.3) is 5.91 Å². The van der Waals surface area contributed by atoms with Crippen LogP contribution in [0.2, 0.25) is 18.1 Å². The third-order valence-corrected chi connectivity index (χ3v) is 9.66. The molecule has 0 fully saturated rings. The van der Waals surface area contributed by atoms with E-state index >= 15 is 0 Å². The minimum atomic E-state index is -1.78. The number of carbonyl (C=O) groups excluding carboxylic acids is 2. The Kier molecular flexibility index (Phi) is 6.07. The Bertz CT molecular complexity index is 915. The van der Waals surface area contributed by atoms with Gasteiger partial charge in [-0.2, -0.15) is 0 Å². The van der Waals surface area contributed by atoms with E-state index in [1.165, 1.54) is 0 Å². The molecule has 0 aliphatic rings. The number of rotatable bonds is 4. The number of pyridine rings is 1. The second-order valence-corrected chi connectivity index (χ2v) is 13.2. The van der Waals surface area contributed by atoms with Gasteiger partial charge in [-0.1, -0.05) is 52.1 Å². The summed E-state index contributed by atoms with van der Waals surface area (Å²) in [6.45, 7) is 10.9. The first-order valence-electron chi connectivity index (χ1n) is 8.97. The molecule has 2 aromatic rings. The van der Waals surface area contributed by atoms with Gasteiger partial charge in [-0.15, -0.1) is 11.5 Å². The van der Waals surface area contributed by atoms with E-state index < -0.39 is 20.0 Å². The van der Waals surface area contributed by atoms with Crippen LogP contribution in [0.5, 0.6) is 0 Å². The fourth-order valence-electron chi connectivity index (χ4n) is 2.31. The number of aromatic nitrogens is 1. The molecule has 1 aromatic heterocycles. The lowest BCUT2D eigenvalue weighted by atomic mass is 10.1. The van der Waals surface area contributed by atoms with Crippen LogP contribution in [0.15, 0.2) is 36.5 Å². The van der Waals surface area contributed by atoms with E-state index in [0.717, 1.165) is 5.39 Å². The Morgan fingerprint density at radius 2 is 1.89 bits per heavy atom. The topological polar surface area (TPSA) is 85.1 Å². The second-order valence-electron chi connectivity index (χ2n) is 8.19. The lowest BCUT2D eigenvalue weighted by Gasteiger charge is -2.31. The molecule has 1 heterocycles. The fraction of sp³-hybridized carbons (Fsp3) is 0.381. The van der Waals surface area contributed by atoms with Gasteiger partial charge in [0.05, 0.1) is 11.1 Å². The molecule has 0 spiro atoms. The highest BCUT2D eigenvalue weighted by molar-refractivity contribution is 6.87. The zero-order chi connectivity index (χ0) is 20.2. The molecule has 0 saturated heterocycles. The average molecular weight is 382 g/mol. The van der Waals surface area contributed by atoms with Crippen molar-refractivity contribution in [2.45, 2.75) is 51.4 Å². The summed E-state index contributed by atoms with van der Waals surface area (Å²) in [6, 6.07) is 8.21. The van der Waals surface area contributed by atoms with E-state index in [2.05, 4.69) is 55.6 Å². The molecule has 142 valence electrons. The minimum Gasteiger partial charge on any atom is -0.368 e. The Labute approximate surface area is 161 Å². The third kappa shape index (κ3) is 4.95. The largest absolute Gasteiger partial charge is 0.368 e. The number of fused-ring (bicyclic) bond motifs is 1. The molecule has 0 saturated carbocycles. The predicted octanol–water partition coefficient (Wildman–Crippen LogP) is 3.26. The van der Waals surface area contributed by atoms with Crippen LogP contribution >= 0.6 is 0 Å². The number of para-hydroxylation sites is 1. The van der Waals surface area contributed by atoms with Gasteiger partial charge in [-0.25, -0.2) is 0 Å². The number of amides is 2. The molecule has 5 nitrogen and oxygen atoms in total. The number of benzene rings is 1. The van der Waals surface area contributed by atoms with Crippen LogP contribution in [0.25, 0.3) is 10.9 Å². The highest BCUT2D eigenvalue weighted by atomic mass is 28.3. The number of carbonyl (C=O) groups is 2. The molecule has 1 aromatic carbocycles. The maximum atomic E-state index is 12.7. The fourth-order valence-corrected chi connectivity index (χ4v) is 3.23. The Morgan fingerprint density at radius 1 is 1.22 bits per heavy atom. The van der Waals surface area contributed by atoms with E-state index in [4.69, 9.17) is 5.73 Å². The molecule has 27 heavy (non-hydrogen) atoms. The van der Waals surface area contributed by atoms with Gasteiger partial charge in [0.15, 0.2) is 0 Å². The highest BCUT2D eigenvalue weighted by Gasteiger charge is 2.33. The van der Waals surface area contributed by atoms with Gasteiger partial charge in [0.1, 0.15) is 14.1 Å². The number of nitrogens with two attached hydrogens (primary N) is 1. The summed E-state index contributed by atoms with van der Waals surface area (Å²) in [5.74, 6) is 2.11.